The molecule has 0 bridgehead atoms. The minimum atomic E-state index is -2.92. The number of hydrogen-bond donors (Lipinski definition) is 1. The van der Waals surface area contributed by atoms with E-state index in [2.05, 4.69) is 14.6 Å². The highest BCUT2D eigenvalue weighted by molar-refractivity contribution is 7.93. The molecule has 0 saturated heterocycles. The van der Waals surface area contributed by atoms with Crippen LogP contribution in [0.25, 0.3) is 32.8 Å². The number of pyridine rings is 1. The van der Waals surface area contributed by atoms with Gasteiger partial charge in [-0.05, 0) is 65.4 Å². The minimum absolute atomic E-state index is 0.0113. The molecule has 1 N–H and O–H groups in total. The number of aromatic amines is 1. The topological polar surface area (TPSA) is 71.0 Å². The van der Waals surface area contributed by atoms with E-state index in [0.29, 0.717) is 16.1 Å². The van der Waals surface area contributed by atoms with Gasteiger partial charge in [0.2, 0.25) is 0 Å². The molecule has 0 saturated carbocycles. The summed E-state index contributed by atoms with van der Waals surface area (Å²) in [4.78, 5) is 5.29. The van der Waals surface area contributed by atoms with Crippen molar-refractivity contribution in [2.24, 2.45) is 4.36 Å². The van der Waals surface area contributed by atoms with Gasteiger partial charge in [0.05, 0.1) is 27.1 Å². The molecule has 0 aliphatic carbocycles. The molecule has 1 atom stereocenters. The fourth-order valence-corrected chi connectivity index (χ4v) is 5.28. The Labute approximate surface area is 196 Å². The maximum Gasteiger partial charge on any atom is 0.170 e. The van der Waals surface area contributed by atoms with Crippen LogP contribution in [-0.4, -0.2) is 25.6 Å². The lowest BCUT2D eigenvalue weighted by molar-refractivity contribution is 0.626. The Hall–Kier alpha value is -3.65. The van der Waals surface area contributed by atoms with Crippen LogP contribution in [0.5, 0.6) is 0 Å². The SMILES string of the molecule is CC(C)c1nc(N=S(C)(=O)c2ccc(F)cc2)c2cc3[nH]ncc3cc2c1-c1ccc(F)cc1. The second kappa shape index (κ2) is 8.29. The molecule has 5 aromatic rings. The number of nitrogens with zero attached hydrogens (tertiary/aromatic N) is 3. The van der Waals surface area contributed by atoms with Crippen LogP contribution in [0.15, 0.2) is 76.1 Å². The Morgan fingerprint density at radius 1 is 0.941 bits per heavy atom. The Morgan fingerprint density at radius 2 is 1.59 bits per heavy atom. The first kappa shape index (κ1) is 22.2. The van der Waals surface area contributed by atoms with E-state index in [1.807, 2.05) is 26.0 Å². The maximum atomic E-state index is 13.7. The van der Waals surface area contributed by atoms with Crippen LogP contribution in [-0.2, 0) is 9.73 Å². The highest BCUT2D eigenvalue weighted by Crippen LogP contribution is 2.41. The van der Waals surface area contributed by atoms with Crippen LogP contribution < -0.4 is 0 Å². The number of halogens is 2. The lowest BCUT2D eigenvalue weighted by Crippen LogP contribution is -2.02. The summed E-state index contributed by atoms with van der Waals surface area (Å²) in [6.45, 7) is 4.04. The van der Waals surface area contributed by atoms with Gasteiger partial charge in [0.15, 0.2) is 5.82 Å². The smallest absolute Gasteiger partial charge is 0.170 e. The third-order valence-corrected chi connectivity index (χ3v) is 7.43. The van der Waals surface area contributed by atoms with Crippen LogP contribution >= 0.6 is 0 Å². The Kier molecular flexibility index (Phi) is 5.40. The molecule has 8 heteroatoms. The molecule has 0 aliphatic heterocycles. The Bertz CT molecular complexity index is 1650. The van der Waals surface area contributed by atoms with Gasteiger partial charge in [-0.15, -0.1) is 0 Å². The zero-order chi connectivity index (χ0) is 24.0. The van der Waals surface area contributed by atoms with Crippen molar-refractivity contribution in [1.82, 2.24) is 15.2 Å². The zero-order valence-corrected chi connectivity index (χ0v) is 19.7. The molecule has 2 aromatic heterocycles. The van der Waals surface area contributed by atoms with Gasteiger partial charge in [0.1, 0.15) is 11.6 Å². The van der Waals surface area contributed by atoms with E-state index in [1.165, 1.54) is 42.7 Å². The maximum absolute atomic E-state index is 13.7. The van der Waals surface area contributed by atoms with E-state index in [1.54, 1.807) is 18.3 Å². The van der Waals surface area contributed by atoms with Crippen LogP contribution in [0.2, 0.25) is 0 Å². The predicted molar refractivity (Wildman–Crippen MR) is 132 cm³/mol. The summed E-state index contributed by atoms with van der Waals surface area (Å²) in [5.74, 6) is -0.383. The average molecular weight is 477 g/mol. The van der Waals surface area contributed by atoms with Crippen molar-refractivity contribution < 1.29 is 13.0 Å². The van der Waals surface area contributed by atoms with Gasteiger partial charge >= 0.3 is 0 Å². The molecule has 34 heavy (non-hydrogen) atoms. The highest BCUT2D eigenvalue weighted by atomic mass is 32.2. The van der Waals surface area contributed by atoms with Gasteiger partial charge in [-0.2, -0.15) is 9.46 Å². The normalized spacial score (nSPS) is 13.5. The summed E-state index contributed by atoms with van der Waals surface area (Å²) in [7, 11) is -2.92. The van der Waals surface area contributed by atoms with Gasteiger partial charge in [0, 0.05) is 27.5 Å². The number of H-pyrrole nitrogens is 1. The first-order valence-corrected chi connectivity index (χ1v) is 12.7. The zero-order valence-electron chi connectivity index (χ0n) is 18.8. The average Bonchev–Trinajstić information content (AvgIpc) is 3.26. The summed E-state index contributed by atoms with van der Waals surface area (Å²) in [6, 6.07) is 15.7. The van der Waals surface area contributed by atoms with Crippen molar-refractivity contribution >= 4 is 37.2 Å². The second-order valence-electron chi connectivity index (χ2n) is 8.56. The van der Waals surface area contributed by atoms with Crippen molar-refractivity contribution in [1.29, 1.82) is 0 Å². The number of benzene rings is 3. The van der Waals surface area contributed by atoms with Crippen LogP contribution in [0.1, 0.15) is 25.5 Å². The largest absolute Gasteiger partial charge is 0.278 e. The molecule has 5 nitrogen and oxygen atoms in total. The molecule has 0 radical (unpaired) electrons. The summed E-state index contributed by atoms with van der Waals surface area (Å²) >= 11 is 0. The first-order chi connectivity index (χ1) is 16.2. The minimum Gasteiger partial charge on any atom is -0.278 e. The van der Waals surface area contributed by atoms with E-state index in [9.17, 15) is 13.0 Å². The van der Waals surface area contributed by atoms with Gasteiger partial charge in [-0.25, -0.2) is 18.0 Å². The quantitative estimate of drug-likeness (QED) is 0.305. The summed E-state index contributed by atoms with van der Waals surface area (Å²) in [6.07, 6.45) is 3.25. The van der Waals surface area contributed by atoms with Gasteiger partial charge in [-0.1, -0.05) is 26.0 Å². The molecule has 3 aromatic carbocycles. The lowest BCUT2D eigenvalue weighted by atomic mass is 9.92. The number of fused-ring (bicyclic) bond motifs is 2. The third-order valence-electron chi connectivity index (χ3n) is 5.76. The third kappa shape index (κ3) is 3.94. The molecular weight excluding hydrogens is 454 g/mol. The van der Waals surface area contributed by atoms with E-state index in [-0.39, 0.29) is 11.7 Å². The van der Waals surface area contributed by atoms with Crippen molar-refractivity contribution in [3.05, 3.63) is 84.2 Å². The molecule has 2 heterocycles. The van der Waals surface area contributed by atoms with Crippen molar-refractivity contribution in [3.63, 3.8) is 0 Å². The van der Waals surface area contributed by atoms with Crippen LogP contribution in [0.4, 0.5) is 14.6 Å². The Morgan fingerprint density at radius 3 is 2.24 bits per heavy atom. The second-order valence-corrected chi connectivity index (χ2v) is 10.8. The molecule has 0 amide bonds. The number of hydrogen-bond acceptors (Lipinski definition) is 4. The van der Waals surface area contributed by atoms with E-state index in [4.69, 9.17) is 4.98 Å². The molecular formula is C26H22F2N4OS. The summed E-state index contributed by atoms with van der Waals surface area (Å²) in [5, 5.41) is 9.55. The number of aromatic nitrogens is 3. The van der Waals surface area contributed by atoms with Crippen LogP contribution in [0.3, 0.4) is 0 Å². The summed E-state index contributed by atoms with van der Waals surface area (Å²) < 4.78 is 45.3. The van der Waals surface area contributed by atoms with Crippen molar-refractivity contribution in [2.75, 3.05) is 6.26 Å². The Balaban J connectivity index is 1.88. The van der Waals surface area contributed by atoms with E-state index < -0.39 is 15.5 Å². The fraction of sp³-hybridized carbons (Fsp3) is 0.154. The van der Waals surface area contributed by atoms with E-state index >= 15 is 0 Å². The molecule has 0 spiro atoms. The van der Waals surface area contributed by atoms with Crippen molar-refractivity contribution in [3.8, 4) is 11.1 Å². The fourth-order valence-electron chi connectivity index (χ4n) is 4.06. The van der Waals surface area contributed by atoms with Crippen molar-refractivity contribution in [2.45, 2.75) is 24.7 Å². The number of rotatable bonds is 4. The standard InChI is InChI=1S/C26H22F2N4OS/c1-15(2)25-24(16-4-6-18(27)7-5-16)21-12-17-14-29-31-23(17)13-22(21)26(30-25)32-34(3,33)20-10-8-19(28)9-11-20/h4-15H,1-3H3,(H,29,31). The lowest BCUT2D eigenvalue weighted by Gasteiger charge is -2.18. The van der Waals surface area contributed by atoms with Gasteiger partial charge in [-0.3, -0.25) is 5.10 Å². The monoisotopic (exact) mass is 476 g/mol. The molecule has 5 rings (SSSR count). The first-order valence-electron chi connectivity index (χ1n) is 10.8. The number of nitrogens with one attached hydrogen (secondary N) is 1. The van der Waals surface area contributed by atoms with E-state index in [0.717, 1.165) is 33.1 Å². The molecule has 172 valence electrons. The molecule has 1 unspecified atom stereocenters. The predicted octanol–water partition coefficient (Wildman–Crippen LogP) is 6.97. The van der Waals surface area contributed by atoms with Gasteiger partial charge < -0.3 is 0 Å². The highest BCUT2D eigenvalue weighted by Gasteiger charge is 2.20. The molecule has 0 aliphatic rings. The van der Waals surface area contributed by atoms with Crippen LogP contribution in [0, 0.1) is 11.6 Å². The van der Waals surface area contributed by atoms with Gasteiger partial charge in [0.25, 0.3) is 0 Å². The summed E-state index contributed by atoms with van der Waals surface area (Å²) in [5.41, 5.74) is 3.25. The molecule has 0 fully saturated rings.